The average molecular weight is 202 g/mol. The first kappa shape index (κ1) is 10.0. The zero-order valence-electron chi connectivity index (χ0n) is 8.73. The number of nitrogens with one attached hydrogen (secondary N) is 1. The fraction of sp³-hybridized carbons (Fsp3) is 0.417. The minimum atomic E-state index is 0.0568. The molecule has 0 radical (unpaired) electrons. The summed E-state index contributed by atoms with van der Waals surface area (Å²) in [6, 6.07) is 10.3. The maximum atomic E-state index is 9.03. The lowest BCUT2D eigenvalue weighted by Gasteiger charge is -2.16. The van der Waals surface area contributed by atoms with Gasteiger partial charge in [-0.3, -0.25) is 0 Å². The second kappa shape index (κ2) is 4.33. The predicted octanol–water partition coefficient (Wildman–Crippen LogP) is 1.52. The molecule has 0 aliphatic carbocycles. The molecule has 3 nitrogen and oxygen atoms in total. The SMILES string of the molecule is COc1ccccc1[C@H]1CNC[C@@H]1C#N. The lowest BCUT2D eigenvalue weighted by Crippen LogP contribution is -2.09. The monoisotopic (exact) mass is 202 g/mol. The predicted molar refractivity (Wildman–Crippen MR) is 57.7 cm³/mol. The summed E-state index contributed by atoms with van der Waals surface area (Å²) >= 11 is 0. The fourth-order valence-corrected chi connectivity index (χ4v) is 2.11. The summed E-state index contributed by atoms with van der Waals surface area (Å²) in [6.45, 7) is 1.64. The van der Waals surface area contributed by atoms with Crippen LogP contribution in [0.4, 0.5) is 0 Å². The number of rotatable bonds is 2. The van der Waals surface area contributed by atoms with Crippen LogP contribution in [0, 0.1) is 17.2 Å². The van der Waals surface area contributed by atoms with Crippen LogP contribution in [0.5, 0.6) is 5.75 Å². The third kappa shape index (κ3) is 1.81. The number of ether oxygens (including phenoxy) is 1. The van der Waals surface area contributed by atoms with Gasteiger partial charge in [0, 0.05) is 19.0 Å². The van der Waals surface area contributed by atoms with E-state index in [-0.39, 0.29) is 11.8 Å². The van der Waals surface area contributed by atoms with Crippen LogP contribution >= 0.6 is 0 Å². The quantitative estimate of drug-likeness (QED) is 0.790. The van der Waals surface area contributed by atoms with Crippen molar-refractivity contribution >= 4 is 0 Å². The summed E-state index contributed by atoms with van der Waals surface area (Å²) in [5.41, 5.74) is 1.14. The van der Waals surface area contributed by atoms with Crippen molar-refractivity contribution in [2.24, 2.45) is 5.92 Å². The van der Waals surface area contributed by atoms with Crippen molar-refractivity contribution in [3.63, 3.8) is 0 Å². The van der Waals surface area contributed by atoms with Gasteiger partial charge in [0.2, 0.25) is 0 Å². The first-order valence-corrected chi connectivity index (χ1v) is 5.10. The third-order valence-electron chi connectivity index (χ3n) is 2.92. The van der Waals surface area contributed by atoms with Gasteiger partial charge in [0.1, 0.15) is 5.75 Å². The van der Waals surface area contributed by atoms with Gasteiger partial charge in [0.05, 0.1) is 19.1 Å². The van der Waals surface area contributed by atoms with Crippen LogP contribution in [0.1, 0.15) is 11.5 Å². The van der Waals surface area contributed by atoms with E-state index in [1.54, 1.807) is 7.11 Å². The van der Waals surface area contributed by atoms with Gasteiger partial charge in [-0.05, 0) is 11.6 Å². The summed E-state index contributed by atoms with van der Waals surface area (Å²) < 4.78 is 5.31. The summed E-state index contributed by atoms with van der Waals surface area (Å²) in [4.78, 5) is 0. The summed E-state index contributed by atoms with van der Waals surface area (Å²) in [6.07, 6.45) is 0. The van der Waals surface area contributed by atoms with E-state index in [9.17, 15) is 0 Å². The third-order valence-corrected chi connectivity index (χ3v) is 2.92. The Balaban J connectivity index is 2.32. The lowest BCUT2D eigenvalue weighted by atomic mass is 9.89. The Morgan fingerprint density at radius 2 is 2.20 bits per heavy atom. The van der Waals surface area contributed by atoms with Gasteiger partial charge in [0.25, 0.3) is 0 Å². The highest BCUT2D eigenvalue weighted by atomic mass is 16.5. The minimum Gasteiger partial charge on any atom is -0.496 e. The molecule has 1 aliphatic rings. The van der Waals surface area contributed by atoms with E-state index in [2.05, 4.69) is 11.4 Å². The number of benzene rings is 1. The van der Waals surface area contributed by atoms with E-state index in [1.807, 2.05) is 24.3 Å². The lowest BCUT2D eigenvalue weighted by molar-refractivity contribution is 0.404. The number of methoxy groups -OCH3 is 1. The van der Waals surface area contributed by atoms with Gasteiger partial charge in [-0.15, -0.1) is 0 Å². The molecule has 2 rings (SSSR count). The van der Waals surface area contributed by atoms with Gasteiger partial charge in [-0.2, -0.15) is 5.26 Å². The molecule has 1 heterocycles. The molecule has 1 aromatic carbocycles. The Morgan fingerprint density at radius 1 is 1.40 bits per heavy atom. The van der Waals surface area contributed by atoms with Gasteiger partial charge in [0.15, 0.2) is 0 Å². The molecule has 1 aromatic rings. The van der Waals surface area contributed by atoms with Crippen LogP contribution < -0.4 is 10.1 Å². The van der Waals surface area contributed by atoms with E-state index in [4.69, 9.17) is 10.00 Å². The van der Waals surface area contributed by atoms with Gasteiger partial charge in [-0.1, -0.05) is 18.2 Å². The standard InChI is InChI=1S/C12H14N2O/c1-15-12-5-3-2-4-10(12)11-8-14-7-9(11)6-13/h2-5,9,11,14H,7-8H2,1H3/t9-,11-/m0/s1. The molecule has 0 bridgehead atoms. The first-order chi connectivity index (χ1) is 7.36. The van der Waals surface area contributed by atoms with Crippen molar-refractivity contribution in [1.29, 1.82) is 5.26 Å². The fourth-order valence-electron chi connectivity index (χ4n) is 2.11. The Morgan fingerprint density at radius 3 is 2.93 bits per heavy atom. The molecule has 0 unspecified atom stereocenters. The molecular weight excluding hydrogens is 188 g/mol. The van der Waals surface area contributed by atoms with Crippen molar-refractivity contribution < 1.29 is 4.74 Å². The molecule has 0 saturated carbocycles. The van der Waals surface area contributed by atoms with E-state index < -0.39 is 0 Å². The maximum absolute atomic E-state index is 9.03. The molecular formula is C12H14N2O. The largest absolute Gasteiger partial charge is 0.496 e. The highest BCUT2D eigenvalue weighted by Crippen LogP contribution is 2.33. The van der Waals surface area contributed by atoms with Crippen molar-refractivity contribution in [2.45, 2.75) is 5.92 Å². The van der Waals surface area contributed by atoms with Crippen molar-refractivity contribution in [1.82, 2.24) is 5.32 Å². The van der Waals surface area contributed by atoms with E-state index in [0.717, 1.165) is 24.4 Å². The molecule has 78 valence electrons. The Kier molecular flexibility index (Phi) is 2.89. The Bertz CT molecular complexity index is 383. The Hall–Kier alpha value is -1.53. The number of hydrogen-bond donors (Lipinski definition) is 1. The molecule has 15 heavy (non-hydrogen) atoms. The van der Waals surface area contributed by atoms with Crippen molar-refractivity contribution in [3.8, 4) is 11.8 Å². The molecule has 1 N–H and O–H groups in total. The van der Waals surface area contributed by atoms with Crippen LogP contribution in [0.15, 0.2) is 24.3 Å². The van der Waals surface area contributed by atoms with E-state index in [1.165, 1.54) is 0 Å². The van der Waals surface area contributed by atoms with Crippen LogP contribution in [0.3, 0.4) is 0 Å². The van der Waals surface area contributed by atoms with Crippen LogP contribution in [-0.4, -0.2) is 20.2 Å². The second-order valence-corrected chi connectivity index (χ2v) is 3.74. The zero-order valence-corrected chi connectivity index (χ0v) is 8.73. The van der Waals surface area contributed by atoms with Crippen LogP contribution in [-0.2, 0) is 0 Å². The van der Waals surface area contributed by atoms with E-state index in [0.29, 0.717) is 0 Å². The number of para-hydroxylation sites is 1. The van der Waals surface area contributed by atoms with Gasteiger partial charge in [-0.25, -0.2) is 0 Å². The van der Waals surface area contributed by atoms with Gasteiger partial charge < -0.3 is 10.1 Å². The normalized spacial score (nSPS) is 24.8. The highest BCUT2D eigenvalue weighted by Gasteiger charge is 2.30. The topological polar surface area (TPSA) is 45.0 Å². The van der Waals surface area contributed by atoms with Gasteiger partial charge >= 0.3 is 0 Å². The smallest absolute Gasteiger partial charge is 0.122 e. The Labute approximate surface area is 89.7 Å². The number of nitrogens with zero attached hydrogens (tertiary/aromatic N) is 1. The maximum Gasteiger partial charge on any atom is 0.122 e. The van der Waals surface area contributed by atoms with Crippen LogP contribution in [0.25, 0.3) is 0 Å². The molecule has 0 aromatic heterocycles. The number of nitriles is 1. The van der Waals surface area contributed by atoms with Crippen LogP contribution in [0.2, 0.25) is 0 Å². The summed E-state index contributed by atoms with van der Waals surface area (Å²) in [5, 5.41) is 12.3. The molecule has 2 atom stereocenters. The van der Waals surface area contributed by atoms with Crippen molar-refractivity contribution in [3.05, 3.63) is 29.8 Å². The summed E-state index contributed by atoms with van der Waals surface area (Å²) in [5.74, 6) is 1.19. The second-order valence-electron chi connectivity index (χ2n) is 3.74. The molecule has 3 heteroatoms. The summed E-state index contributed by atoms with van der Waals surface area (Å²) in [7, 11) is 1.67. The zero-order chi connectivity index (χ0) is 10.7. The average Bonchev–Trinajstić information content (AvgIpc) is 2.76. The molecule has 0 spiro atoms. The molecule has 0 amide bonds. The number of hydrogen-bond acceptors (Lipinski definition) is 3. The van der Waals surface area contributed by atoms with E-state index >= 15 is 0 Å². The molecule has 1 saturated heterocycles. The molecule has 1 aliphatic heterocycles. The first-order valence-electron chi connectivity index (χ1n) is 5.10. The molecule has 1 fully saturated rings. The highest BCUT2D eigenvalue weighted by molar-refractivity contribution is 5.38. The minimum absolute atomic E-state index is 0.0568. The van der Waals surface area contributed by atoms with Crippen molar-refractivity contribution in [2.75, 3.05) is 20.2 Å².